The van der Waals surface area contributed by atoms with Gasteiger partial charge in [0.25, 0.3) is 0 Å². The van der Waals surface area contributed by atoms with E-state index in [4.69, 9.17) is 9.41 Å². The van der Waals surface area contributed by atoms with Crippen LogP contribution in [0.2, 0.25) is 0 Å². The summed E-state index contributed by atoms with van der Waals surface area (Å²) in [4.78, 5) is 5.87. The second-order valence-electron chi connectivity index (χ2n) is 16.2. The predicted octanol–water partition coefficient (Wildman–Crippen LogP) is 14.8. The molecule has 57 heavy (non-hydrogen) atoms. The van der Waals surface area contributed by atoms with Crippen LogP contribution in [0.4, 0.5) is 0 Å². The van der Waals surface area contributed by atoms with Crippen molar-refractivity contribution in [2.75, 3.05) is 0 Å². The van der Waals surface area contributed by atoms with Crippen LogP contribution in [0, 0.1) is 11.8 Å². The van der Waals surface area contributed by atoms with Crippen molar-refractivity contribution in [2.24, 2.45) is 16.8 Å². The molecule has 4 atom stereocenters. The first kappa shape index (κ1) is 33.9. The Morgan fingerprint density at radius 1 is 0.561 bits per heavy atom. The lowest BCUT2D eigenvalue weighted by molar-refractivity contribution is 0.362. The van der Waals surface area contributed by atoms with Crippen LogP contribution in [0.5, 0.6) is 0 Å². The van der Waals surface area contributed by atoms with E-state index in [2.05, 4.69) is 188 Å². The molecule has 276 valence electrons. The highest BCUT2D eigenvalue weighted by Gasteiger charge is 2.34. The van der Waals surface area contributed by atoms with Crippen LogP contribution in [0.15, 0.2) is 179 Å². The number of hydrogen-bond acceptors (Lipinski definition) is 2. The molecule has 0 N–H and O–H groups in total. The van der Waals surface area contributed by atoms with E-state index in [1.165, 1.54) is 71.1 Å². The number of rotatable bonds is 5. The molecule has 0 fully saturated rings. The van der Waals surface area contributed by atoms with Gasteiger partial charge in [-0.1, -0.05) is 141 Å². The van der Waals surface area contributed by atoms with Gasteiger partial charge in [0.05, 0.1) is 22.8 Å². The largest absolute Gasteiger partial charge is 0.454 e. The smallest absolute Gasteiger partial charge is 0.159 e. The van der Waals surface area contributed by atoms with E-state index in [9.17, 15) is 0 Å². The molecule has 0 spiro atoms. The first-order valence-electron chi connectivity index (χ1n) is 20.6. The maximum Gasteiger partial charge on any atom is 0.159 e. The number of fused-ring (bicyclic) bond motifs is 8. The molecule has 0 radical (unpaired) electrons. The van der Waals surface area contributed by atoms with Gasteiger partial charge in [-0.2, -0.15) is 0 Å². The molecular formula is C54H44N2O. The molecule has 2 aromatic heterocycles. The molecule has 0 saturated heterocycles. The minimum absolute atomic E-state index is 0.0723. The van der Waals surface area contributed by atoms with Crippen LogP contribution >= 0.6 is 0 Å². The second-order valence-corrected chi connectivity index (χ2v) is 16.2. The van der Waals surface area contributed by atoms with E-state index in [0.717, 1.165) is 41.5 Å². The minimum Gasteiger partial charge on any atom is -0.454 e. The van der Waals surface area contributed by atoms with Crippen molar-refractivity contribution in [3.63, 3.8) is 0 Å². The average Bonchev–Trinajstić information content (AvgIpc) is 3.79. The summed E-state index contributed by atoms with van der Waals surface area (Å²) in [6, 6.07) is 62.5. The summed E-state index contributed by atoms with van der Waals surface area (Å²) in [7, 11) is 0. The molecule has 3 heteroatoms. The number of aromatic nitrogens is 1. The van der Waals surface area contributed by atoms with E-state index >= 15 is 0 Å². The Morgan fingerprint density at radius 3 is 2.05 bits per heavy atom. The zero-order chi connectivity index (χ0) is 38.0. The standard InChI is InChI=1S/C54H44N2O/c1-3-42-43(28-25-34(2)52(55-53(42)36-16-5-4-6-17-36)40-27-26-35-15-7-8-18-37(35)29-40)41-31-47-45-22-12-14-24-51(45)57-54(47)50(33-41)56-48-23-13-11-21-44(48)46-30-38-19-9-10-20-39(38)32-49(46)56/h4-24,26-27,29-34,42-43,52H,3,25,28H2,1-2H3/b55-53-. The average molecular weight is 737 g/mol. The summed E-state index contributed by atoms with van der Waals surface area (Å²) in [6.45, 7) is 4.77. The molecule has 0 aliphatic carbocycles. The lowest BCUT2D eigenvalue weighted by Gasteiger charge is -2.35. The number of aliphatic imine (C=N–C) groups is 1. The molecular weight excluding hydrogens is 693 g/mol. The highest BCUT2D eigenvalue weighted by atomic mass is 16.3. The monoisotopic (exact) mass is 736 g/mol. The SMILES string of the molecule is CCC1/C(c2ccccc2)=N\C(c2ccc3ccccc3c2)C(C)CCC1c1cc(-n2c3ccccc3c3cc4ccccc4cc32)c2oc3ccccc3c2c1. The van der Waals surface area contributed by atoms with E-state index in [1.807, 2.05) is 0 Å². The van der Waals surface area contributed by atoms with Crippen LogP contribution < -0.4 is 0 Å². The molecule has 0 bridgehead atoms. The molecule has 8 aromatic carbocycles. The molecule has 11 rings (SSSR count). The fourth-order valence-corrected chi connectivity index (χ4v) is 10.1. The summed E-state index contributed by atoms with van der Waals surface area (Å²) in [6.07, 6.45) is 3.12. The molecule has 3 nitrogen and oxygen atoms in total. The predicted molar refractivity (Wildman–Crippen MR) is 240 cm³/mol. The van der Waals surface area contributed by atoms with E-state index in [0.29, 0.717) is 5.92 Å². The number of nitrogens with zero attached hydrogens (tertiary/aromatic N) is 2. The minimum atomic E-state index is 0.0723. The number of furan rings is 1. The van der Waals surface area contributed by atoms with Crippen LogP contribution in [-0.2, 0) is 0 Å². The van der Waals surface area contributed by atoms with Crippen molar-refractivity contribution in [3.05, 3.63) is 187 Å². The van der Waals surface area contributed by atoms with Crippen LogP contribution in [0.25, 0.3) is 71.0 Å². The second kappa shape index (κ2) is 13.6. The van der Waals surface area contributed by atoms with Crippen molar-refractivity contribution in [1.82, 2.24) is 4.57 Å². The molecule has 0 amide bonds. The Bertz CT molecular complexity index is 3170. The Labute approximate surface area is 332 Å². The van der Waals surface area contributed by atoms with Gasteiger partial charge in [-0.15, -0.1) is 0 Å². The van der Waals surface area contributed by atoms with Crippen LogP contribution in [0.1, 0.15) is 61.8 Å². The normalized spacial score (nSPS) is 20.0. The topological polar surface area (TPSA) is 30.4 Å². The fourth-order valence-electron chi connectivity index (χ4n) is 10.1. The first-order chi connectivity index (χ1) is 28.1. The highest BCUT2D eigenvalue weighted by molar-refractivity contribution is 6.15. The van der Waals surface area contributed by atoms with Crippen molar-refractivity contribution in [2.45, 2.75) is 45.1 Å². The zero-order valence-electron chi connectivity index (χ0n) is 32.4. The van der Waals surface area contributed by atoms with Gasteiger partial charge in [0.1, 0.15) is 5.58 Å². The third-order valence-electron chi connectivity index (χ3n) is 12.9. The van der Waals surface area contributed by atoms with Crippen molar-refractivity contribution in [3.8, 4) is 5.69 Å². The molecule has 4 unspecified atom stereocenters. The lowest BCUT2D eigenvalue weighted by Crippen LogP contribution is -2.28. The third-order valence-corrected chi connectivity index (χ3v) is 12.9. The summed E-state index contributed by atoms with van der Waals surface area (Å²) >= 11 is 0. The van der Waals surface area contributed by atoms with E-state index in [1.54, 1.807) is 0 Å². The van der Waals surface area contributed by atoms with Crippen LogP contribution in [-0.4, -0.2) is 10.3 Å². The van der Waals surface area contributed by atoms with Gasteiger partial charge < -0.3 is 8.98 Å². The maximum absolute atomic E-state index is 6.89. The van der Waals surface area contributed by atoms with Gasteiger partial charge >= 0.3 is 0 Å². The third kappa shape index (κ3) is 5.59. The molecule has 0 saturated carbocycles. The fraction of sp³-hybridized carbons (Fsp3) is 0.167. The van der Waals surface area contributed by atoms with Gasteiger partial charge in [-0.05, 0) is 112 Å². The zero-order valence-corrected chi connectivity index (χ0v) is 32.4. The van der Waals surface area contributed by atoms with Gasteiger partial charge in [0.15, 0.2) is 5.58 Å². The Hall–Kier alpha value is -6.45. The Balaban J connectivity index is 1.16. The van der Waals surface area contributed by atoms with Crippen molar-refractivity contribution in [1.29, 1.82) is 0 Å². The van der Waals surface area contributed by atoms with Crippen molar-refractivity contribution < 1.29 is 4.42 Å². The number of para-hydroxylation sites is 2. The first-order valence-corrected chi connectivity index (χ1v) is 20.6. The molecule has 3 heterocycles. The van der Waals surface area contributed by atoms with Gasteiger partial charge in [0.2, 0.25) is 0 Å². The summed E-state index contributed by atoms with van der Waals surface area (Å²) in [5.74, 6) is 0.821. The van der Waals surface area contributed by atoms with Crippen molar-refractivity contribution >= 4 is 71.0 Å². The number of hydrogen-bond donors (Lipinski definition) is 0. The number of benzene rings is 8. The van der Waals surface area contributed by atoms with Gasteiger partial charge in [-0.25, -0.2) is 0 Å². The van der Waals surface area contributed by atoms with Gasteiger partial charge in [-0.3, -0.25) is 4.99 Å². The quantitative estimate of drug-likeness (QED) is 0.173. The highest BCUT2D eigenvalue weighted by Crippen LogP contribution is 2.46. The van der Waals surface area contributed by atoms with E-state index < -0.39 is 0 Å². The Kier molecular flexibility index (Phi) is 8.10. The molecule has 1 aliphatic rings. The lowest BCUT2D eigenvalue weighted by atomic mass is 9.73. The maximum atomic E-state index is 6.89. The molecule has 1 aliphatic heterocycles. The summed E-state index contributed by atoms with van der Waals surface area (Å²) < 4.78 is 9.36. The molecule has 10 aromatic rings. The van der Waals surface area contributed by atoms with Crippen LogP contribution in [0.3, 0.4) is 0 Å². The summed E-state index contributed by atoms with van der Waals surface area (Å²) in [5, 5.41) is 9.85. The van der Waals surface area contributed by atoms with Gasteiger partial charge in [0, 0.05) is 33.2 Å². The summed E-state index contributed by atoms with van der Waals surface area (Å²) in [5.41, 5.74) is 10.4. The van der Waals surface area contributed by atoms with E-state index in [-0.39, 0.29) is 17.9 Å². The Morgan fingerprint density at radius 2 is 1.25 bits per heavy atom.